The number of benzene rings is 1. The normalized spacial score (nSPS) is 16.0. The molecule has 0 amide bonds. The molecule has 33 heavy (non-hydrogen) atoms. The van der Waals surface area contributed by atoms with E-state index in [2.05, 4.69) is 62.1 Å². The molecular weight excluding hydrogens is 456 g/mol. The van der Waals surface area contributed by atoms with Crippen LogP contribution in [0.25, 0.3) is 17.2 Å². The first-order valence-corrected chi connectivity index (χ1v) is 12.3. The number of rotatable bonds is 7. The molecule has 1 N–H and O–H groups in total. The van der Waals surface area contributed by atoms with Crippen molar-refractivity contribution in [3.8, 4) is 17.2 Å². The zero-order valence-electron chi connectivity index (χ0n) is 18.9. The van der Waals surface area contributed by atoms with E-state index in [9.17, 15) is 0 Å². The summed E-state index contributed by atoms with van der Waals surface area (Å²) in [5.74, 6) is 2.18. The fraction of sp³-hybridized carbons (Fsp3) is 0.409. The Kier molecular flexibility index (Phi) is 6.17. The van der Waals surface area contributed by atoms with Gasteiger partial charge in [0.2, 0.25) is 0 Å². The second-order valence-electron chi connectivity index (χ2n) is 8.29. The van der Waals surface area contributed by atoms with Crippen LogP contribution in [0, 0.1) is 18.6 Å². The van der Waals surface area contributed by atoms with E-state index in [1.54, 1.807) is 16.4 Å². The Morgan fingerprint density at radius 2 is 2.12 bits per heavy atom. The maximum absolute atomic E-state index is 5.90. The number of nitrogens with one attached hydrogen (secondary N) is 1. The Morgan fingerprint density at radius 3 is 2.88 bits per heavy atom. The Balaban J connectivity index is 1.45. The van der Waals surface area contributed by atoms with E-state index in [0.29, 0.717) is 17.1 Å². The first-order valence-electron chi connectivity index (χ1n) is 10.9. The van der Waals surface area contributed by atoms with Crippen molar-refractivity contribution < 1.29 is 4.74 Å². The van der Waals surface area contributed by atoms with E-state index < -0.39 is 0 Å². The molecule has 172 valence electrons. The van der Waals surface area contributed by atoms with Gasteiger partial charge in [-0.05, 0) is 62.2 Å². The molecule has 0 radical (unpaired) electrons. The summed E-state index contributed by atoms with van der Waals surface area (Å²) < 4.78 is 12.4. The monoisotopic (exact) mass is 482 g/mol. The zero-order valence-corrected chi connectivity index (χ0v) is 20.5. The third kappa shape index (κ3) is 4.53. The van der Waals surface area contributed by atoms with Crippen LogP contribution in [0.3, 0.4) is 0 Å². The van der Waals surface area contributed by atoms with Crippen molar-refractivity contribution in [3.63, 3.8) is 0 Å². The number of aromatic nitrogens is 8. The fourth-order valence-corrected chi connectivity index (χ4v) is 5.16. The predicted octanol–water partition coefficient (Wildman–Crippen LogP) is 4.01. The lowest BCUT2D eigenvalue weighted by Gasteiger charge is -2.14. The van der Waals surface area contributed by atoms with Gasteiger partial charge in [-0.2, -0.15) is 10.2 Å². The molecule has 0 bridgehead atoms. The molecule has 9 nitrogen and oxygen atoms in total. The van der Waals surface area contributed by atoms with E-state index in [4.69, 9.17) is 17.0 Å². The van der Waals surface area contributed by atoms with Gasteiger partial charge in [0.05, 0.1) is 24.1 Å². The van der Waals surface area contributed by atoms with Crippen molar-refractivity contribution in [1.29, 1.82) is 0 Å². The summed E-state index contributed by atoms with van der Waals surface area (Å²) in [7, 11) is 1.90. The van der Waals surface area contributed by atoms with Gasteiger partial charge in [-0.15, -0.1) is 10.2 Å². The predicted molar refractivity (Wildman–Crippen MR) is 129 cm³/mol. The van der Waals surface area contributed by atoms with E-state index in [-0.39, 0.29) is 6.10 Å². The van der Waals surface area contributed by atoms with Gasteiger partial charge in [-0.25, -0.2) is 0 Å². The smallest absolute Gasteiger partial charge is 0.199 e. The van der Waals surface area contributed by atoms with E-state index in [0.717, 1.165) is 53.2 Å². The summed E-state index contributed by atoms with van der Waals surface area (Å²) >= 11 is 7.14. The van der Waals surface area contributed by atoms with Crippen molar-refractivity contribution in [3.05, 3.63) is 52.2 Å². The van der Waals surface area contributed by atoms with Crippen molar-refractivity contribution >= 4 is 24.0 Å². The van der Waals surface area contributed by atoms with Crippen LogP contribution in [0.2, 0.25) is 0 Å². The van der Waals surface area contributed by atoms with Crippen LogP contribution in [0.5, 0.6) is 0 Å². The minimum absolute atomic E-state index is 0.160. The molecule has 4 heterocycles. The maximum Gasteiger partial charge on any atom is 0.199 e. The minimum atomic E-state index is 0.160. The van der Waals surface area contributed by atoms with Gasteiger partial charge >= 0.3 is 0 Å². The number of hydrogen-bond donors (Lipinski definition) is 1. The molecule has 0 saturated carbocycles. The van der Waals surface area contributed by atoms with Crippen LogP contribution < -0.4 is 0 Å². The summed E-state index contributed by atoms with van der Waals surface area (Å²) in [5, 5.41) is 21.8. The summed E-state index contributed by atoms with van der Waals surface area (Å²) in [6.45, 7) is 5.66. The largest absolute Gasteiger partial charge is 0.376 e. The lowest BCUT2D eigenvalue weighted by Crippen LogP contribution is -2.17. The molecule has 0 aliphatic carbocycles. The molecule has 4 aromatic rings. The van der Waals surface area contributed by atoms with Crippen molar-refractivity contribution in [1.82, 2.24) is 39.3 Å². The molecule has 1 saturated heterocycles. The lowest BCUT2D eigenvalue weighted by atomic mass is 10.1. The van der Waals surface area contributed by atoms with E-state index in [1.165, 1.54) is 5.56 Å². The number of nitrogens with zero attached hydrogens (tertiary/aromatic N) is 7. The van der Waals surface area contributed by atoms with Gasteiger partial charge in [-0.1, -0.05) is 23.9 Å². The molecule has 1 atom stereocenters. The Labute approximate surface area is 201 Å². The topological polar surface area (TPSA) is 91.4 Å². The molecule has 1 fully saturated rings. The number of aromatic amines is 1. The van der Waals surface area contributed by atoms with Crippen LogP contribution >= 0.6 is 24.0 Å². The number of thioether (sulfide) groups is 1. The van der Waals surface area contributed by atoms with E-state index in [1.807, 2.05) is 23.9 Å². The van der Waals surface area contributed by atoms with Crippen LogP contribution in [-0.4, -0.2) is 52.0 Å². The zero-order chi connectivity index (χ0) is 22.9. The number of ether oxygens (including phenoxy) is 1. The van der Waals surface area contributed by atoms with E-state index >= 15 is 0 Å². The molecule has 1 aliphatic heterocycles. The molecule has 11 heteroatoms. The maximum atomic E-state index is 5.90. The lowest BCUT2D eigenvalue weighted by molar-refractivity contribution is 0.0953. The van der Waals surface area contributed by atoms with Crippen LogP contribution in [0.1, 0.15) is 29.8 Å². The Hall–Kier alpha value is -2.76. The number of hydrogen-bond acceptors (Lipinski definition) is 7. The second-order valence-corrected chi connectivity index (χ2v) is 9.61. The highest BCUT2D eigenvalue weighted by Gasteiger charge is 2.23. The molecule has 0 spiro atoms. The van der Waals surface area contributed by atoms with Gasteiger partial charge in [0.25, 0.3) is 0 Å². The SMILES string of the molecule is Cc1ccc(C)c(-n2c(CSc3nnc(-c4ccn(C)n4)n3C[C@H]3CCCO3)n[nH]c2=S)c1. The van der Waals surface area contributed by atoms with Gasteiger partial charge in [0, 0.05) is 19.9 Å². The highest BCUT2D eigenvalue weighted by atomic mass is 32.2. The molecule has 1 aromatic carbocycles. The van der Waals surface area contributed by atoms with Crippen molar-refractivity contribution in [2.75, 3.05) is 6.61 Å². The Morgan fingerprint density at radius 1 is 1.24 bits per heavy atom. The third-order valence-electron chi connectivity index (χ3n) is 5.75. The van der Waals surface area contributed by atoms with Gasteiger partial charge in [0.15, 0.2) is 15.8 Å². The summed E-state index contributed by atoms with van der Waals surface area (Å²) in [6.07, 6.45) is 4.19. The van der Waals surface area contributed by atoms with Gasteiger partial charge in [-0.3, -0.25) is 18.9 Å². The first-order chi connectivity index (χ1) is 16.0. The highest BCUT2D eigenvalue weighted by molar-refractivity contribution is 7.98. The molecular formula is C22H26N8OS2. The van der Waals surface area contributed by atoms with Crippen LogP contribution in [0.4, 0.5) is 0 Å². The molecule has 5 rings (SSSR count). The first kappa shape index (κ1) is 22.1. The molecule has 0 unspecified atom stereocenters. The quantitative estimate of drug-likeness (QED) is 0.314. The number of aryl methyl sites for hydroxylation is 3. The number of H-pyrrole nitrogens is 1. The average molecular weight is 483 g/mol. The standard InChI is InChI=1S/C22H26N8OS2/c1-14-6-7-15(2)18(11-14)30-19(23-25-21(30)32)13-33-22-26-24-20(17-8-9-28(3)27-17)29(22)12-16-5-4-10-31-16/h6-9,11,16H,4-5,10,12-13H2,1-3H3,(H,25,32)/t16-/m1/s1. The minimum Gasteiger partial charge on any atom is -0.376 e. The van der Waals surface area contributed by atoms with Gasteiger partial charge in [0.1, 0.15) is 11.5 Å². The second kappa shape index (κ2) is 9.24. The third-order valence-corrected chi connectivity index (χ3v) is 6.98. The highest BCUT2D eigenvalue weighted by Crippen LogP contribution is 2.28. The fourth-order valence-electron chi connectivity index (χ4n) is 4.04. The van der Waals surface area contributed by atoms with Crippen LogP contribution in [-0.2, 0) is 24.1 Å². The summed E-state index contributed by atoms with van der Waals surface area (Å²) in [4.78, 5) is 0. The van der Waals surface area contributed by atoms with Crippen molar-refractivity contribution in [2.24, 2.45) is 7.05 Å². The van der Waals surface area contributed by atoms with Crippen molar-refractivity contribution in [2.45, 2.75) is 50.2 Å². The average Bonchev–Trinajstić information content (AvgIpc) is 3.58. The molecule has 1 aliphatic rings. The summed E-state index contributed by atoms with van der Waals surface area (Å²) in [5.41, 5.74) is 4.16. The Bertz CT molecular complexity index is 1330. The van der Waals surface area contributed by atoms with Gasteiger partial charge < -0.3 is 4.74 Å². The summed E-state index contributed by atoms with van der Waals surface area (Å²) in [6, 6.07) is 8.29. The molecule has 3 aromatic heterocycles. The van der Waals surface area contributed by atoms with Crippen LogP contribution in [0.15, 0.2) is 35.6 Å².